The Kier molecular flexibility index (Phi) is 8.36. The fourth-order valence-corrected chi connectivity index (χ4v) is 3.96. The van der Waals surface area contributed by atoms with Crippen LogP contribution in [0.4, 0.5) is 0 Å². The Balaban J connectivity index is 2.23. The number of nitrogens with zero attached hydrogens (tertiary/aromatic N) is 1. The van der Waals surface area contributed by atoms with Crippen molar-refractivity contribution in [3.8, 4) is 0 Å². The van der Waals surface area contributed by atoms with Crippen LogP contribution in [0.15, 0.2) is 22.9 Å². The molecular weight excluding hydrogens is 328 g/mol. The molecule has 0 aromatic rings. The van der Waals surface area contributed by atoms with Crippen molar-refractivity contribution in [1.82, 2.24) is 10.4 Å². The fourth-order valence-electron chi connectivity index (χ4n) is 3.96. The van der Waals surface area contributed by atoms with E-state index in [1.54, 1.807) is 6.08 Å². The first kappa shape index (κ1) is 20.7. The van der Waals surface area contributed by atoms with Gasteiger partial charge in [0.05, 0.1) is 5.57 Å². The normalized spacial score (nSPS) is 23.1. The molecule has 0 aromatic carbocycles. The summed E-state index contributed by atoms with van der Waals surface area (Å²) in [6.07, 6.45) is 14.7. The van der Waals surface area contributed by atoms with Gasteiger partial charge in [0, 0.05) is 19.3 Å². The Morgan fingerprint density at radius 2 is 1.69 bits per heavy atom. The van der Waals surface area contributed by atoms with Crippen LogP contribution >= 0.6 is 0 Å². The van der Waals surface area contributed by atoms with Crippen LogP contribution < -0.4 is 5.32 Å². The highest BCUT2D eigenvalue weighted by Gasteiger charge is 2.20. The number of carbonyl (C=O) groups excluding carboxylic acids is 2. The van der Waals surface area contributed by atoms with E-state index in [2.05, 4.69) is 5.32 Å². The number of likely N-dealkylation sites (N-methyl/N-ethyl adjacent to an activating group) is 1. The average Bonchev–Trinajstić information content (AvgIpc) is 2.60. The first-order chi connectivity index (χ1) is 12.5. The predicted octanol–water partition coefficient (Wildman–Crippen LogP) is 4.13. The largest absolute Gasteiger partial charge is 0.388 e. The third-order valence-electron chi connectivity index (χ3n) is 5.56. The SMILES string of the molecule is CC(=O)/C(=C\C1=C(/NCC2CCCCC2)CCCCCC1)C(=O)N(C)O. The second-order valence-corrected chi connectivity index (χ2v) is 7.75. The van der Waals surface area contributed by atoms with Gasteiger partial charge in [0.2, 0.25) is 0 Å². The van der Waals surface area contributed by atoms with E-state index >= 15 is 0 Å². The number of rotatable bonds is 6. The molecule has 146 valence electrons. The zero-order valence-corrected chi connectivity index (χ0v) is 16.4. The number of hydroxylamine groups is 2. The Bertz CT molecular complexity index is 558. The number of Topliss-reactive ketones (excluding diaryl/α,β-unsaturated/α-hetero) is 1. The lowest BCUT2D eigenvalue weighted by Gasteiger charge is -2.25. The van der Waals surface area contributed by atoms with Crippen molar-refractivity contribution >= 4 is 11.7 Å². The standard InChI is InChI=1S/C21H34N2O3/c1-16(24)19(21(25)23(2)26)14-18-12-8-3-4-9-13-20(18)22-15-17-10-6-5-7-11-17/h14,17,22,26H,3-13,15H2,1-2H3/b19-14+,20-18-. The molecule has 1 saturated carbocycles. The maximum absolute atomic E-state index is 12.2. The van der Waals surface area contributed by atoms with Crippen LogP contribution in [-0.2, 0) is 9.59 Å². The minimum atomic E-state index is -0.640. The molecule has 0 atom stereocenters. The third kappa shape index (κ3) is 6.27. The Labute approximate surface area is 157 Å². The predicted molar refractivity (Wildman–Crippen MR) is 103 cm³/mol. The van der Waals surface area contributed by atoms with E-state index in [1.807, 2.05) is 0 Å². The number of nitrogens with one attached hydrogen (secondary N) is 1. The molecule has 0 radical (unpaired) electrons. The molecular formula is C21H34N2O3. The van der Waals surface area contributed by atoms with Gasteiger partial charge in [-0.05, 0) is 63.0 Å². The summed E-state index contributed by atoms with van der Waals surface area (Å²) in [5.74, 6) is -0.222. The van der Waals surface area contributed by atoms with Gasteiger partial charge in [0.1, 0.15) is 0 Å². The molecule has 1 fully saturated rings. The second kappa shape index (κ2) is 10.5. The number of hydrogen-bond donors (Lipinski definition) is 2. The van der Waals surface area contributed by atoms with Crippen molar-refractivity contribution in [2.24, 2.45) is 5.92 Å². The molecule has 0 saturated heterocycles. The van der Waals surface area contributed by atoms with Crippen LogP contribution in [0.1, 0.15) is 77.6 Å². The van der Waals surface area contributed by atoms with Gasteiger partial charge in [-0.25, -0.2) is 5.06 Å². The van der Waals surface area contributed by atoms with Crippen molar-refractivity contribution < 1.29 is 14.8 Å². The van der Waals surface area contributed by atoms with Crippen molar-refractivity contribution in [1.29, 1.82) is 0 Å². The van der Waals surface area contributed by atoms with Crippen LogP contribution in [0.25, 0.3) is 0 Å². The molecule has 5 nitrogen and oxygen atoms in total. The summed E-state index contributed by atoms with van der Waals surface area (Å²) in [5, 5.41) is 13.6. The van der Waals surface area contributed by atoms with Crippen molar-refractivity contribution in [2.75, 3.05) is 13.6 Å². The summed E-state index contributed by atoms with van der Waals surface area (Å²) >= 11 is 0. The summed E-state index contributed by atoms with van der Waals surface area (Å²) < 4.78 is 0. The maximum atomic E-state index is 12.2. The lowest BCUT2D eigenvalue weighted by Crippen LogP contribution is -2.28. The van der Waals surface area contributed by atoms with Crippen molar-refractivity contribution in [3.05, 3.63) is 22.9 Å². The summed E-state index contributed by atoms with van der Waals surface area (Å²) in [6, 6.07) is 0. The molecule has 0 heterocycles. The van der Waals surface area contributed by atoms with Gasteiger partial charge in [-0.15, -0.1) is 0 Å². The number of ketones is 1. The van der Waals surface area contributed by atoms with E-state index in [-0.39, 0.29) is 11.4 Å². The van der Waals surface area contributed by atoms with Crippen LogP contribution in [0, 0.1) is 5.92 Å². The number of allylic oxidation sites excluding steroid dienone is 3. The second-order valence-electron chi connectivity index (χ2n) is 7.75. The molecule has 1 amide bonds. The summed E-state index contributed by atoms with van der Waals surface area (Å²) in [5.41, 5.74) is 2.30. The van der Waals surface area contributed by atoms with E-state index in [0.717, 1.165) is 43.7 Å². The Morgan fingerprint density at radius 3 is 2.31 bits per heavy atom. The molecule has 2 aliphatic carbocycles. The van der Waals surface area contributed by atoms with Crippen LogP contribution in [0.3, 0.4) is 0 Å². The van der Waals surface area contributed by atoms with E-state index in [9.17, 15) is 14.8 Å². The molecule has 2 aliphatic rings. The molecule has 5 heteroatoms. The summed E-state index contributed by atoms with van der Waals surface area (Å²) in [7, 11) is 1.26. The zero-order valence-electron chi connectivity index (χ0n) is 16.4. The molecule has 0 aliphatic heterocycles. The molecule has 2 rings (SSSR count). The quantitative estimate of drug-likeness (QED) is 0.245. The topological polar surface area (TPSA) is 69.6 Å². The zero-order chi connectivity index (χ0) is 18.9. The van der Waals surface area contributed by atoms with E-state index < -0.39 is 5.91 Å². The minimum Gasteiger partial charge on any atom is -0.388 e. The van der Waals surface area contributed by atoms with Crippen LogP contribution in [0.2, 0.25) is 0 Å². The van der Waals surface area contributed by atoms with Crippen molar-refractivity contribution in [2.45, 2.75) is 77.6 Å². The van der Waals surface area contributed by atoms with Gasteiger partial charge in [0.25, 0.3) is 5.91 Å². The van der Waals surface area contributed by atoms with Crippen molar-refractivity contribution in [3.63, 3.8) is 0 Å². The van der Waals surface area contributed by atoms with E-state index in [4.69, 9.17) is 0 Å². The molecule has 0 spiro atoms. The minimum absolute atomic E-state index is 0.0579. The number of carbonyl (C=O) groups is 2. The molecule has 0 aromatic heterocycles. The monoisotopic (exact) mass is 362 g/mol. The van der Waals surface area contributed by atoms with E-state index in [1.165, 1.54) is 64.6 Å². The maximum Gasteiger partial charge on any atom is 0.280 e. The lowest BCUT2D eigenvalue weighted by molar-refractivity contribution is -0.155. The van der Waals surface area contributed by atoms with Gasteiger partial charge in [-0.3, -0.25) is 14.8 Å². The molecule has 0 unspecified atom stereocenters. The van der Waals surface area contributed by atoms with Crippen LogP contribution in [-0.4, -0.2) is 35.6 Å². The van der Waals surface area contributed by atoms with Crippen LogP contribution in [0.5, 0.6) is 0 Å². The Morgan fingerprint density at radius 1 is 1.08 bits per heavy atom. The number of amides is 1. The molecule has 0 bridgehead atoms. The highest BCUT2D eigenvalue weighted by Crippen LogP contribution is 2.26. The highest BCUT2D eigenvalue weighted by atomic mass is 16.5. The van der Waals surface area contributed by atoms with E-state index in [0.29, 0.717) is 5.06 Å². The van der Waals surface area contributed by atoms with Gasteiger partial charge in [0.15, 0.2) is 5.78 Å². The molecule has 2 N–H and O–H groups in total. The summed E-state index contributed by atoms with van der Waals surface area (Å²) in [6.45, 7) is 2.36. The van der Waals surface area contributed by atoms with Gasteiger partial charge < -0.3 is 5.32 Å². The lowest BCUT2D eigenvalue weighted by atomic mass is 9.89. The average molecular weight is 363 g/mol. The first-order valence-corrected chi connectivity index (χ1v) is 10.1. The highest BCUT2D eigenvalue weighted by molar-refractivity contribution is 6.18. The number of hydrogen-bond acceptors (Lipinski definition) is 4. The van der Waals surface area contributed by atoms with Gasteiger partial charge in [-0.2, -0.15) is 0 Å². The van der Waals surface area contributed by atoms with Gasteiger partial charge >= 0.3 is 0 Å². The smallest absolute Gasteiger partial charge is 0.280 e. The fraction of sp³-hybridized carbons (Fsp3) is 0.714. The van der Waals surface area contributed by atoms with Gasteiger partial charge in [-0.1, -0.05) is 32.1 Å². The summed E-state index contributed by atoms with van der Waals surface area (Å²) in [4.78, 5) is 24.1. The first-order valence-electron chi connectivity index (χ1n) is 10.1. The third-order valence-corrected chi connectivity index (χ3v) is 5.56. The Hall–Kier alpha value is -1.62. The molecule has 26 heavy (non-hydrogen) atoms.